The number of cyclic esters (lactones) is 1. The Morgan fingerprint density at radius 1 is 1.06 bits per heavy atom. The average Bonchev–Trinajstić information content (AvgIpc) is 3.13. The summed E-state index contributed by atoms with van der Waals surface area (Å²) in [6.45, 7) is 0.166. The fraction of sp³-hybridized carbons (Fsp3) is 0.0833. The number of carbonyl (C=O) groups excluding carboxylic acids is 1. The number of methoxy groups -OCH3 is 1. The van der Waals surface area contributed by atoms with Gasteiger partial charge in [0.1, 0.15) is 12.4 Å². The van der Waals surface area contributed by atoms with E-state index in [0.29, 0.717) is 32.7 Å². The smallest absolute Gasteiger partial charge is 0.363 e. The van der Waals surface area contributed by atoms with Gasteiger partial charge in [0.15, 0.2) is 17.2 Å². The van der Waals surface area contributed by atoms with Gasteiger partial charge >= 0.3 is 5.97 Å². The third kappa shape index (κ3) is 4.92. The molecule has 0 aromatic heterocycles. The first-order chi connectivity index (χ1) is 15.4. The molecule has 0 aliphatic carbocycles. The minimum Gasteiger partial charge on any atom is -0.493 e. The number of halogens is 3. The summed E-state index contributed by atoms with van der Waals surface area (Å²) in [5, 5.41) is 0. The van der Waals surface area contributed by atoms with Crippen molar-refractivity contribution >= 4 is 49.8 Å². The highest BCUT2D eigenvalue weighted by molar-refractivity contribution is 9.10. The molecular weight excluding hydrogens is 545 g/mol. The number of hydrogen-bond donors (Lipinski definition) is 0. The predicted molar refractivity (Wildman–Crippen MR) is 126 cm³/mol. The van der Waals surface area contributed by atoms with Gasteiger partial charge in [-0.2, -0.15) is 0 Å². The summed E-state index contributed by atoms with van der Waals surface area (Å²) in [5.74, 6) is 0.270. The van der Waals surface area contributed by atoms with Crippen LogP contribution in [-0.4, -0.2) is 19.0 Å². The predicted octanol–water partition coefficient (Wildman–Crippen LogP) is 6.28. The van der Waals surface area contributed by atoms with Crippen LogP contribution in [0.2, 0.25) is 0 Å². The summed E-state index contributed by atoms with van der Waals surface area (Å²) in [7, 11) is 1.51. The number of hydrogen-bond acceptors (Lipinski definition) is 5. The van der Waals surface area contributed by atoms with Gasteiger partial charge < -0.3 is 14.2 Å². The average molecular weight is 561 g/mol. The van der Waals surface area contributed by atoms with Gasteiger partial charge in [0.2, 0.25) is 5.90 Å². The van der Waals surface area contributed by atoms with E-state index in [-0.39, 0.29) is 24.0 Å². The van der Waals surface area contributed by atoms with E-state index in [2.05, 4.69) is 36.9 Å². The minimum absolute atomic E-state index is 0.165. The Labute approximate surface area is 200 Å². The largest absolute Gasteiger partial charge is 0.493 e. The highest BCUT2D eigenvalue weighted by Crippen LogP contribution is 2.38. The zero-order valence-electron chi connectivity index (χ0n) is 16.8. The molecule has 0 unspecified atom stereocenters. The second-order valence-corrected chi connectivity index (χ2v) is 8.48. The van der Waals surface area contributed by atoms with E-state index in [1.54, 1.807) is 30.3 Å². The maximum atomic E-state index is 13.4. The molecule has 3 aromatic carbocycles. The Hall–Kier alpha value is -2.97. The molecule has 0 spiro atoms. The van der Waals surface area contributed by atoms with Crippen molar-refractivity contribution in [3.63, 3.8) is 0 Å². The molecule has 0 bridgehead atoms. The van der Waals surface area contributed by atoms with Gasteiger partial charge in [0.05, 0.1) is 17.1 Å². The Kier molecular flexibility index (Phi) is 6.72. The number of esters is 1. The summed E-state index contributed by atoms with van der Waals surface area (Å²) in [6.07, 6.45) is 1.61. The van der Waals surface area contributed by atoms with Crippen LogP contribution in [0.4, 0.5) is 4.39 Å². The molecular formula is C24H16Br2FNO4. The summed E-state index contributed by atoms with van der Waals surface area (Å²) in [5.41, 5.74) is 2.20. The lowest BCUT2D eigenvalue weighted by molar-refractivity contribution is -0.129. The van der Waals surface area contributed by atoms with Crippen molar-refractivity contribution in [2.24, 2.45) is 4.99 Å². The van der Waals surface area contributed by atoms with Crippen LogP contribution in [0.1, 0.15) is 16.7 Å². The van der Waals surface area contributed by atoms with Crippen molar-refractivity contribution in [3.8, 4) is 11.5 Å². The molecule has 0 atom stereocenters. The van der Waals surface area contributed by atoms with Gasteiger partial charge in [0.25, 0.3) is 0 Å². The van der Waals surface area contributed by atoms with E-state index < -0.39 is 5.97 Å². The third-order valence-corrected chi connectivity index (χ3v) is 5.83. The van der Waals surface area contributed by atoms with E-state index >= 15 is 0 Å². The van der Waals surface area contributed by atoms with Crippen LogP contribution >= 0.6 is 31.9 Å². The van der Waals surface area contributed by atoms with Gasteiger partial charge in [0, 0.05) is 4.47 Å². The van der Waals surface area contributed by atoms with E-state index in [0.717, 1.165) is 4.47 Å². The van der Waals surface area contributed by atoms with Crippen LogP contribution in [-0.2, 0) is 16.1 Å². The molecule has 0 N–H and O–H groups in total. The van der Waals surface area contributed by atoms with E-state index in [1.807, 2.05) is 24.3 Å². The molecule has 1 aliphatic rings. The molecule has 3 aromatic rings. The number of benzene rings is 3. The van der Waals surface area contributed by atoms with Gasteiger partial charge in [-0.25, -0.2) is 14.2 Å². The molecule has 1 aliphatic heterocycles. The molecule has 0 fully saturated rings. The normalized spacial score (nSPS) is 14.3. The molecule has 0 radical (unpaired) electrons. The quantitative estimate of drug-likeness (QED) is 0.263. The zero-order chi connectivity index (χ0) is 22.7. The molecule has 32 heavy (non-hydrogen) atoms. The first-order valence-corrected chi connectivity index (χ1v) is 11.1. The second kappa shape index (κ2) is 9.67. The molecule has 0 saturated carbocycles. The van der Waals surface area contributed by atoms with Crippen molar-refractivity contribution in [2.45, 2.75) is 6.61 Å². The minimum atomic E-state index is -0.544. The van der Waals surface area contributed by atoms with Crippen molar-refractivity contribution in [1.82, 2.24) is 0 Å². The standard InChI is InChI=1S/C24H16Br2FNO4/c1-30-21-12-15(10-19(26)22(21)31-13-14-5-4-6-16(27)9-14)11-20-24(29)32-23(28-20)17-7-2-3-8-18(17)25/h2-12H,13H2,1H3/b20-11-. The Morgan fingerprint density at radius 2 is 1.88 bits per heavy atom. The molecule has 1 heterocycles. The molecule has 0 amide bonds. The van der Waals surface area contributed by atoms with Crippen LogP contribution in [0.15, 0.2) is 80.3 Å². The lowest BCUT2D eigenvalue weighted by Crippen LogP contribution is -2.05. The van der Waals surface area contributed by atoms with Crippen LogP contribution in [0, 0.1) is 5.82 Å². The molecule has 5 nitrogen and oxygen atoms in total. The summed E-state index contributed by atoms with van der Waals surface area (Å²) in [6, 6.07) is 17.0. The lowest BCUT2D eigenvalue weighted by Gasteiger charge is -2.13. The van der Waals surface area contributed by atoms with Gasteiger partial charge in [-0.3, -0.25) is 0 Å². The fourth-order valence-electron chi connectivity index (χ4n) is 3.06. The van der Waals surface area contributed by atoms with Crippen LogP contribution < -0.4 is 9.47 Å². The third-order valence-electron chi connectivity index (χ3n) is 4.55. The van der Waals surface area contributed by atoms with Gasteiger partial charge in [-0.15, -0.1) is 0 Å². The SMILES string of the molecule is COc1cc(/C=C2\N=C(c3ccccc3Br)OC2=O)cc(Br)c1OCc1cccc(F)c1. The Bertz CT molecular complexity index is 1260. The zero-order valence-corrected chi connectivity index (χ0v) is 19.9. The maximum Gasteiger partial charge on any atom is 0.363 e. The molecule has 162 valence electrons. The number of carbonyl (C=O) groups is 1. The molecule has 4 rings (SSSR count). The van der Waals surface area contributed by atoms with Crippen molar-refractivity contribution in [1.29, 1.82) is 0 Å². The Morgan fingerprint density at radius 3 is 2.62 bits per heavy atom. The highest BCUT2D eigenvalue weighted by Gasteiger charge is 2.25. The lowest BCUT2D eigenvalue weighted by atomic mass is 10.1. The summed E-state index contributed by atoms with van der Waals surface area (Å²) >= 11 is 6.92. The van der Waals surface area contributed by atoms with Crippen LogP contribution in [0.3, 0.4) is 0 Å². The van der Waals surface area contributed by atoms with E-state index in [9.17, 15) is 9.18 Å². The van der Waals surface area contributed by atoms with Crippen molar-refractivity contribution in [3.05, 3.63) is 97.8 Å². The monoisotopic (exact) mass is 559 g/mol. The number of aliphatic imine (C=N–C) groups is 1. The second-order valence-electron chi connectivity index (χ2n) is 6.77. The van der Waals surface area contributed by atoms with Crippen LogP contribution in [0.5, 0.6) is 11.5 Å². The summed E-state index contributed by atoms with van der Waals surface area (Å²) < 4.78 is 31.4. The summed E-state index contributed by atoms with van der Waals surface area (Å²) in [4.78, 5) is 16.7. The Balaban J connectivity index is 1.60. The maximum absolute atomic E-state index is 13.4. The number of rotatable bonds is 6. The van der Waals surface area contributed by atoms with Crippen LogP contribution in [0.25, 0.3) is 6.08 Å². The van der Waals surface area contributed by atoms with Gasteiger partial charge in [-0.1, -0.05) is 24.3 Å². The molecule has 8 heteroatoms. The van der Waals surface area contributed by atoms with E-state index in [4.69, 9.17) is 14.2 Å². The van der Waals surface area contributed by atoms with E-state index in [1.165, 1.54) is 19.2 Å². The first kappa shape index (κ1) is 22.2. The van der Waals surface area contributed by atoms with Crippen molar-refractivity contribution < 1.29 is 23.4 Å². The first-order valence-electron chi connectivity index (χ1n) is 9.47. The fourth-order valence-corrected chi connectivity index (χ4v) is 4.09. The van der Waals surface area contributed by atoms with Crippen molar-refractivity contribution in [2.75, 3.05) is 7.11 Å². The topological polar surface area (TPSA) is 57.1 Å². The number of nitrogens with zero attached hydrogens (tertiary/aromatic N) is 1. The van der Waals surface area contributed by atoms with Gasteiger partial charge in [-0.05, 0) is 85.5 Å². The molecule has 0 saturated heterocycles. The highest BCUT2D eigenvalue weighted by atomic mass is 79.9. The number of ether oxygens (including phenoxy) is 3.